The number of morpholine rings is 1. The first kappa shape index (κ1) is 17.1. The minimum Gasteiger partial charge on any atom is -0.379 e. The molecule has 1 unspecified atom stereocenters. The van der Waals surface area contributed by atoms with E-state index in [0.29, 0.717) is 23.7 Å². The molecule has 1 aromatic carbocycles. The Morgan fingerprint density at radius 2 is 2.17 bits per heavy atom. The standard InChI is InChI=1S/C18H24FN3O2/c1-2-14(22-6-8-24-9-7-22)12-20-11-13-10-17(23)15-4-3-5-16(19)18(15)21-13/h3-5,10,14,20H,2,6-9,11-12H2,1H3,(H,21,23). The number of pyridine rings is 1. The number of hydrogen-bond donors (Lipinski definition) is 2. The van der Waals surface area contributed by atoms with E-state index in [1.807, 2.05) is 0 Å². The van der Waals surface area contributed by atoms with Crippen LogP contribution in [-0.4, -0.2) is 48.8 Å². The van der Waals surface area contributed by atoms with Gasteiger partial charge in [-0.1, -0.05) is 13.0 Å². The van der Waals surface area contributed by atoms with Crippen LogP contribution in [0.25, 0.3) is 10.9 Å². The van der Waals surface area contributed by atoms with Gasteiger partial charge in [0.25, 0.3) is 0 Å². The highest BCUT2D eigenvalue weighted by Gasteiger charge is 2.19. The van der Waals surface area contributed by atoms with E-state index in [4.69, 9.17) is 4.74 Å². The van der Waals surface area contributed by atoms with Crippen LogP contribution in [0.5, 0.6) is 0 Å². The molecule has 1 aliphatic rings. The van der Waals surface area contributed by atoms with Crippen LogP contribution in [0, 0.1) is 5.82 Å². The van der Waals surface area contributed by atoms with Crippen LogP contribution in [0.2, 0.25) is 0 Å². The molecule has 2 heterocycles. The first-order valence-electron chi connectivity index (χ1n) is 8.52. The zero-order chi connectivity index (χ0) is 16.9. The van der Waals surface area contributed by atoms with Gasteiger partial charge in [0.1, 0.15) is 5.82 Å². The minimum atomic E-state index is -0.397. The van der Waals surface area contributed by atoms with Crippen LogP contribution < -0.4 is 10.7 Å². The maximum absolute atomic E-state index is 13.9. The van der Waals surface area contributed by atoms with Gasteiger partial charge in [-0.3, -0.25) is 9.69 Å². The van der Waals surface area contributed by atoms with Gasteiger partial charge in [0, 0.05) is 49.4 Å². The predicted octanol–water partition coefficient (Wildman–Crippen LogP) is 1.87. The summed E-state index contributed by atoms with van der Waals surface area (Å²) in [6.45, 7) is 7.00. The van der Waals surface area contributed by atoms with Gasteiger partial charge in [0.2, 0.25) is 0 Å². The summed E-state index contributed by atoms with van der Waals surface area (Å²) in [6.07, 6.45) is 1.05. The number of nitrogens with zero attached hydrogens (tertiary/aromatic N) is 1. The lowest BCUT2D eigenvalue weighted by atomic mass is 10.1. The highest BCUT2D eigenvalue weighted by atomic mass is 19.1. The number of H-pyrrole nitrogens is 1. The van der Waals surface area contributed by atoms with Crippen molar-refractivity contribution in [3.63, 3.8) is 0 Å². The van der Waals surface area contributed by atoms with Crippen LogP contribution in [-0.2, 0) is 11.3 Å². The van der Waals surface area contributed by atoms with Crippen molar-refractivity contribution in [2.24, 2.45) is 0 Å². The van der Waals surface area contributed by atoms with Gasteiger partial charge in [-0.15, -0.1) is 0 Å². The predicted molar refractivity (Wildman–Crippen MR) is 92.7 cm³/mol. The molecule has 0 radical (unpaired) electrons. The van der Waals surface area contributed by atoms with Crippen LogP contribution >= 0.6 is 0 Å². The number of halogens is 1. The van der Waals surface area contributed by atoms with Crippen LogP contribution in [0.15, 0.2) is 29.1 Å². The normalized spacial score (nSPS) is 17.2. The summed E-state index contributed by atoms with van der Waals surface area (Å²) in [5, 5.41) is 3.77. The van der Waals surface area contributed by atoms with E-state index in [9.17, 15) is 9.18 Å². The summed E-state index contributed by atoms with van der Waals surface area (Å²) in [4.78, 5) is 17.6. The molecule has 1 atom stereocenters. The number of rotatable bonds is 6. The molecule has 1 aromatic heterocycles. The van der Waals surface area contributed by atoms with E-state index < -0.39 is 5.82 Å². The van der Waals surface area contributed by atoms with Gasteiger partial charge in [-0.05, 0) is 18.6 Å². The van der Waals surface area contributed by atoms with E-state index in [1.54, 1.807) is 18.2 Å². The van der Waals surface area contributed by atoms with Crippen molar-refractivity contribution in [1.29, 1.82) is 0 Å². The quantitative estimate of drug-likeness (QED) is 0.847. The van der Waals surface area contributed by atoms with Gasteiger partial charge in [-0.25, -0.2) is 4.39 Å². The lowest BCUT2D eigenvalue weighted by molar-refractivity contribution is 0.0158. The van der Waals surface area contributed by atoms with Crippen molar-refractivity contribution >= 4 is 10.9 Å². The fourth-order valence-electron chi connectivity index (χ4n) is 3.23. The number of fused-ring (bicyclic) bond motifs is 1. The Bertz CT molecular complexity index is 741. The Morgan fingerprint density at radius 1 is 1.38 bits per heavy atom. The third-order valence-electron chi connectivity index (χ3n) is 4.60. The van der Waals surface area contributed by atoms with Gasteiger partial charge in [-0.2, -0.15) is 0 Å². The second-order valence-electron chi connectivity index (χ2n) is 6.16. The number of hydrogen-bond acceptors (Lipinski definition) is 4. The van der Waals surface area contributed by atoms with Crippen molar-refractivity contribution in [3.05, 3.63) is 46.0 Å². The SMILES string of the molecule is CCC(CNCc1cc(=O)c2cccc(F)c2[nH]1)N1CCOCC1. The molecule has 130 valence electrons. The Morgan fingerprint density at radius 3 is 2.92 bits per heavy atom. The number of ether oxygens (including phenoxy) is 1. The van der Waals surface area contributed by atoms with Gasteiger partial charge in [0.15, 0.2) is 5.43 Å². The zero-order valence-corrected chi connectivity index (χ0v) is 14.0. The van der Waals surface area contributed by atoms with E-state index in [2.05, 4.69) is 22.1 Å². The Hall–Kier alpha value is -1.76. The third kappa shape index (κ3) is 3.83. The smallest absolute Gasteiger partial charge is 0.189 e. The van der Waals surface area contributed by atoms with Crippen molar-refractivity contribution in [2.45, 2.75) is 25.9 Å². The second kappa shape index (κ2) is 7.88. The highest BCUT2D eigenvalue weighted by Crippen LogP contribution is 2.12. The number of nitrogens with one attached hydrogen (secondary N) is 2. The summed E-state index contributed by atoms with van der Waals surface area (Å²) < 4.78 is 19.3. The van der Waals surface area contributed by atoms with Crippen molar-refractivity contribution < 1.29 is 9.13 Å². The topological polar surface area (TPSA) is 57.4 Å². The fraction of sp³-hybridized carbons (Fsp3) is 0.500. The summed E-state index contributed by atoms with van der Waals surface area (Å²) in [6, 6.07) is 6.54. The highest BCUT2D eigenvalue weighted by molar-refractivity contribution is 5.78. The molecule has 1 aliphatic heterocycles. The van der Waals surface area contributed by atoms with E-state index in [0.717, 1.165) is 39.3 Å². The Balaban J connectivity index is 1.65. The molecular formula is C18H24FN3O2. The number of benzene rings is 1. The fourth-order valence-corrected chi connectivity index (χ4v) is 3.23. The Labute approximate surface area is 140 Å². The lowest BCUT2D eigenvalue weighted by Crippen LogP contribution is -2.47. The second-order valence-corrected chi connectivity index (χ2v) is 6.16. The third-order valence-corrected chi connectivity index (χ3v) is 4.60. The summed E-state index contributed by atoms with van der Waals surface area (Å²) >= 11 is 0. The molecular weight excluding hydrogens is 309 g/mol. The minimum absolute atomic E-state index is 0.153. The first-order valence-corrected chi connectivity index (χ1v) is 8.52. The van der Waals surface area contributed by atoms with Gasteiger partial charge in [0.05, 0.1) is 18.7 Å². The molecule has 0 bridgehead atoms. The van der Waals surface area contributed by atoms with Gasteiger partial charge < -0.3 is 15.0 Å². The monoisotopic (exact) mass is 333 g/mol. The van der Waals surface area contributed by atoms with Gasteiger partial charge >= 0.3 is 0 Å². The van der Waals surface area contributed by atoms with E-state index >= 15 is 0 Å². The first-order chi connectivity index (χ1) is 11.7. The van der Waals surface area contributed by atoms with Crippen molar-refractivity contribution in [2.75, 3.05) is 32.8 Å². The Kier molecular flexibility index (Phi) is 5.60. The summed E-state index contributed by atoms with van der Waals surface area (Å²) in [5.41, 5.74) is 0.830. The van der Waals surface area contributed by atoms with E-state index in [1.165, 1.54) is 6.07 Å². The average molecular weight is 333 g/mol. The molecule has 0 aliphatic carbocycles. The maximum Gasteiger partial charge on any atom is 0.189 e. The number of para-hydroxylation sites is 1. The van der Waals surface area contributed by atoms with E-state index in [-0.39, 0.29) is 10.9 Å². The molecule has 6 heteroatoms. The van der Waals surface area contributed by atoms with Crippen LogP contribution in [0.4, 0.5) is 4.39 Å². The largest absolute Gasteiger partial charge is 0.379 e. The molecule has 2 N–H and O–H groups in total. The number of aromatic amines is 1. The summed E-state index contributed by atoms with van der Waals surface area (Å²) in [5.74, 6) is -0.397. The molecule has 3 rings (SSSR count). The molecule has 0 spiro atoms. The maximum atomic E-state index is 13.9. The molecule has 1 saturated heterocycles. The van der Waals surface area contributed by atoms with Crippen LogP contribution in [0.1, 0.15) is 19.0 Å². The zero-order valence-electron chi connectivity index (χ0n) is 14.0. The van der Waals surface area contributed by atoms with Crippen molar-refractivity contribution in [1.82, 2.24) is 15.2 Å². The molecule has 24 heavy (non-hydrogen) atoms. The molecule has 5 nitrogen and oxygen atoms in total. The molecule has 2 aromatic rings. The summed E-state index contributed by atoms with van der Waals surface area (Å²) in [7, 11) is 0. The average Bonchev–Trinajstić information content (AvgIpc) is 2.60. The number of aromatic nitrogens is 1. The van der Waals surface area contributed by atoms with Crippen LogP contribution in [0.3, 0.4) is 0 Å². The molecule has 0 amide bonds. The lowest BCUT2D eigenvalue weighted by Gasteiger charge is -2.34. The molecule has 0 saturated carbocycles. The van der Waals surface area contributed by atoms with Crippen molar-refractivity contribution in [3.8, 4) is 0 Å². The molecule has 1 fully saturated rings.